The van der Waals surface area contributed by atoms with Gasteiger partial charge in [0.2, 0.25) is 0 Å². The van der Waals surface area contributed by atoms with E-state index in [4.69, 9.17) is 10.3 Å². The Bertz CT molecular complexity index is 635. The molecule has 6 heteroatoms. The van der Waals surface area contributed by atoms with E-state index in [0.29, 0.717) is 18.4 Å². The second-order valence-electron chi connectivity index (χ2n) is 5.97. The molecular weight excluding hydrogens is 272 g/mol. The monoisotopic (exact) mass is 290 g/mol. The average molecular weight is 290 g/mol. The predicted molar refractivity (Wildman–Crippen MR) is 76.2 cm³/mol. The fraction of sp³-hybridized carbons (Fsp3) is 0.643. The summed E-state index contributed by atoms with van der Waals surface area (Å²) in [5.41, 5.74) is 6.57. The van der Waals surface area contributed by atoms with Crippen LogP contribution in [-0.4, -0.2) is 15.1 Å². The molecule has 0 amide bonds. The molecule has 106 valence electrons. The van der Waals surface area contributed by atoms with Crippen molar-refractivity contribution in [3.63, 3.8) is 0 Å². The van der Waals surface area contributed by atoms with Crippen LogP contribution < -0.4 is 5.73 Å². The number of rotatable bonds is 3. The molecule has 3 unspecified atom stereocenters. The number of hydrogen-bond acceptors (Lipinski definition) is 6. The molecule has 2 bridgehead atoms. The average Bonchev–Trinajstić information content (AvgIpc) is 3.21. The van der Waals surface area contributed by atoms with Crippen molar-refractivity contribution in [3.05, 3.63) is 16.5 Å². The van der Waals surface area contributed by atoms with Crippen molar-refractivity contribution in [2.24, 2.45) is 17.6 Å². The molecule has 2 N–H and O–H groups in total. The number of nitrogens with zero attached hydrogens (tertiary/aromatic N) is 3. The van der Waals surface area contributed by atoms with Gasteiger partial charge in [-0.05, 0) is 38.0 Å². The van der Waals surface area contributed by atoms with Crippen molar-refractivity contribution >= 4 is 11.3 Å². The van der Waals surface area contributed by atoms with Crippen molar-refractivity contribution in [2.45, 2.75) is 45.1 Å². The summed E-state index contributed by atoms with van der Waals surface area (Å²) in [5.74, 6) is 3.67. The third-order valence-electron chi connectivity index (χ3n) is 4.72. The van der Waals surface area contributed by atoms with Gasteiger partial charge in [0.1, 0.15) is 9.88 Å². The first-order valence-electron chi connectivity index (χ1n) is 7.25. The largest absolute Gasteiger partial charge is 0.333 e. The maximum absolute atomic E-state index is 5.64. The van der Waals surface area contributed by atoms with Crippen molar-refractivity contribution < 1.29 is 4.52 Å². The number of fused-ring (bicyclic) bond motifs is 2. The molecule has 5 nitrogen and oxygen atoms in total. The second-order valence-corrected chi connectivity index (χ2v) is 7.05. The van der Waals surface area contributed by atoms with E-state index in [9.17, 15) is 0 Å². The Morgan fingerprint density at radius 1 is 1.30 bits per heavy atom. The van der Waals surface area contributed by atoms with E-state index < -0.39 is 0 Å². The Hall–Kier alpha value is -1.27. The van der Waals surface area contributed by atoms with E-state index in [2.05, 4.69) is 15.1 Å². The standard InChI is InChI=1S/C14H18N4OS/c1-7-12(20-11(6-15)16-7)14-17-13(18-19-14)10-5-8-2-3-9(10)4-8/h8-10H,2-6,15H2,1H3. The Morgan fingerprint density at radius 3 is 2.85 bits per heavy atom. The van der Waals surface area contributed by atoms with E-state index in [1.807, 2.05) is 6.92 Å². The zero-order valence-corrected chi connectivity index (χ0v) is 12.3. The molecule has 2 aliphatic rings. The number of thiazole rings is 1. The summed E-state index contributed by atoms with van der Waals surface area (Å²) in [6.07, 6.45) is 5.31. The number of hydrogen-bond donors (Lipinski definition) is 1. The quantitative estimate of drug-likeness (QED) is 0.940. The van der Waals surface area contributed by atoms with Crippen LogP contribution >= 0.6 is 11.3 Å². The molecule has 4 rings (SSSR count). The van der Waals surface area contributed by atoms with Crippen LogP contribution in [0, 0.1) is 18.8 Å². The maximum Gasteiger partial charge on any atom is 0.269 e. The number of nitrogens with two attached hydrogens (primary N) is 1. The third-order valence-corrected chi connectivity index (χ3v) is 5.89. The highest BCUT2D eigenvalue weighted by atomic mass is 32.1. The molecule has 0 aromatic carbocycles. The van der Waals surface area contributed by atoms with Crippen LogP contribution in [0.5, 0.6) is 0 Å². The van der Waals surface area contributed by atoms with E-state index in [1.165, 1.54) is 25.7 Å². The summed E-state index contributed by atoms with van der Waals surface area (Å²) < 4.78 is 5.48. The van der Waals surface area contributed by atoms with Gasteiger partial charge in [0.15, 0.2) is 5.82 Å². The van der Waals surface area contributed by atoms with E-state index in [1.54, 1.807) is 11.3 Å². The van der Waals surface area contributed by atoms with E-state index in [-0.39, 0.29) is 0 Å². The zero-order chi connectivity index (χ0) is 13.7. The molecule has 0 spiro atoms. The molecule has 0 radical (unpaired) electrons. The lowest BCUT2D eigenvalue weighted by atomic mass is 9.88. The first-order chi connectivity index (χ1) is 9.74. The summed E-state index contributed by atoms with van der Waals surface area (Å²) in [5, 5.41) is 5.15. The lowest BCUT2D eigenvalue weighted by molar-refractivity contribution is 0.372. The molecular formula is C14H18N4OS. The highest BCUT2D eigenvalue weighted by Crippen LogP contribution is 2.52. The van der Waals surface area contributed by atoms with Gasteiger partial charge >= 0.3 is 0 Å². The van der Waals surface area contributed by atoms with Crippen LogP contribution in [0.15, 0.2) is 4.52 Å². The summed E-state index contributed by atoms with van der Waals surface area (Å²) in [6, 6.07) is 0. The van der Waals surface area contributed by atoms with Gasteiger partial charge < -0.3 is 10.3 Å². The van der Waals surface area contributed by atoms with Gasteiger partial charge in [-0.25, -0.2) is 4.98 Å². The van der Waals surface area contributed by atoms with Crippen LogP contribution in [0.2, 0.25) is 0 Å². The second kappa shape index (κ2) is 4.63. The van der Waals surface area contributed by atoms with E-state index >= 15 is 0 Å². The van der Waals surface area contributed by atoms with Crippen molar-refractivity contribution in [1.82, 2.24) is 15.1 Å². The molecule has 2 heterocycles. The van der Waals surface area contributed by atoms with Crippen LogP contribution in [0.1, 0.15) is 48.1 Å². The molecule has 0 aliphatic heterocycles. The maximum atomic E-state index is 5.64. The molecule has 20 heavy (non-hydrogen) atoms. The Balaban J connectivity index is 1.63. The van der Waals surface area contributed by atoms with Gasteiger partial charge in [0.25, 0.3) is 5.89 Å². The summed E-state index contributed by atoms with van der Waals surface area (Å²) in [6.45, 7) is 2.42. The van der Waals surface area contributed by atoms with Crippen molar-refractivity contribution in [1.29, 1.82) is 0 Å². The van der Waals surface area contributed by atoms with Gasteiger partial charge in [0, 0.05) is 12.5 Å². The van der Waals surface area contributed by atoms with Gasteiger partial charge in [0.05, 0.1) is 5.69 Å². The fourth-order valence-corrected chi connectivity index (χ4v) is 4.64. The zero-order valence-electron chi connectivity index (χ0n) is 11.5. The lowest BCUT2D eigenvalue weighted by Gasteiger charge is -2.17. The van der Waals surface area contributed by atoms with Crippen molar-refractivity contribution in [3.8, 4) is 10.8 Å². The SMILES string of the molecule is Cc1nc(CN)sc1-c1nc(C2CC3CCC2C3)no1. The van der Waals surface area contributed by atoms with Crippen molar-refractivity contribution in [2.75, 3.05) is 0 Å². The molecule has 2 aromatic heterocycles. The van der Waals surface area contributed by atoms with Crippen LogP contribution in [0.4, 0.5) is 0 Å². The number of aryl methyl sites for hydroxylation is 1. The summed E-state index contributed by atoms with van der Waals surface area (Å²) in [4.78, 5) is 10.0. The minimum absolute atomic E-state index is 0.457. The Kier molecular flexibility index (Phi) is 2.89. The summed E-state index contributed by atoms with van der Waals surface area (Å²) in [7, 11) is 0. The predicted octanol–water partition coefficient (Wildman–Crippen LogP) is 2.86. The summed E-state index contributed by atoms with van der Waals surface area (Å²) >= 11 is 1.55. The smallest absolute Gasteiger partial charge is 0.269 e. The van der Waals surface area contributed by atoms with Gasteiger partial charge in [-0.1, -0.05) is 11.6 Å². The number of aromatic nitrogens is 3. The molecule has 2 aromatic rings. The highest BCUT2D eigenvalue weighted by molar-refractivity contribution is 7.15. The topological polar surface area (TPSA) is 77.8 Å². The van der Waals surface area contributed by atoms with Gasteiger partial charge in [-0.2, -0.15) is 4.98 Å². The van der Waals surface area contributed by atoms with Crippen LogP contribution in [-0.2, 0) is 6.54 Å². The van der Waals surface area contributed by atoms with Gasteiger partial charge in [-0.15, -0.1) is 11.3 Å². The Morgan fingerprint density at radius 2 is 2.20 bits per heavy atom. The molecule has 2 saturated carbocycles. The lowest BCUT2D eigenvalue weighted by Crippen LogP contribution is -2.09. The first kappa shape index (κ1) is 12.5. The third kappa shape index (κ3) is 1.90. The highest BCUT2D eigenvalue weighted by Gasteiger charge is 2.42. The molecule has 0 saturated heterocycles. The normalized spacial score (nSPS) is 28.4. The Labute approximate surface area is 121 Å². The minimum Gasteiger partial charge on any atom is -0.333 e. The minimum atomic E-state index is 0.457. The van der Waals surface area contributed by atoms with E-state index in [0.717, 1.165) is 33.2 Å². The van der Waals surface area contributed by atoms with Crippen LogP contribution in [0.3, 0.4) is 0 Å². The first-order valence-corrected chi connectivity index (χ1v) is 8.06. The molecule has 3 atom stereocenters. The molecule has 2 aliphatic carbocycles. The molecule has 2 fully saturated rings. The van der Waals surface area contributed by atoms with Crippen LogP contribution in [0.25, 0.3) is 10.8 Å². The van der Waals surface area contributed by atoms with Gasteiger partial charge in [-0.3, -0.25) is 0 Å². The fourth-order valence-electron chi connectivity index (χ4n) is 3.78.